The van der Waals surface area contributed by atoms with Crippen molar-refractivity contribution >= 4 is 11.6 Å². The minimum absolute atomic E-state index is 0.117. The maximum atomic E-state index is 13.8. The van der Waals surface area contributed by atoms with Gasteiger partial charge in [-0.05, 0) is 37.3 Å². The summed E-state index contributed by atoms with van der Waals surface area (Å²) in [6.45, 7) is 2.11. The molecule has 23 heavy (non-hydrogen) atoms. The number of hydrogen-bond donors (Lipinski definition) is 1. The lowest BCUT2D eigenvalue weighted by atomic mass is 10.2. The number of carbonyl (C=O) groups excluding carboxylic acids is 1. The molecule has 0 saturated heterocycles. The molecular formula is C17H18FNO4. The van der Waals surface area contributed by atoms with Crippen molar-refractivity contribution in [2.45, 2.75) is 6.92 Å². The number of hydrogen-bond acceptors (Lipinski definition) is 4. The Hall–Kier alpha value is -2.76. The van der Waals surface area contributed by atoms with Crippen LogP contribution < -0.4 is 19.5 Å². The Balaban J connectivity index is 2.20. The van der Waals surface area contributed by atoms with Gasteiger partial charge in [0, 0.05) is 11.6 Å². The number of ether oxygens (including phenoxy) is 3. The molecule has 0 saturated carbocycles. The van der Waals surface area contributed by atoms with Crippen molar-refractivity contribution in [3.05, 3.63) is 47.8 Å². The van der Waals surface area contributed by atoms with Crippen LogP contribution in [0.3, 0.4) is 0 Å². The van der Waals surface area contributed by atoms with Crippen molar-refractivity contribution in [2.75, 3.05) is 26.1 Å². The summed E-state index contributed by atoms with van der Waals surface area (Å²) in [6.07, 6.45) is 0. The summed E-state index contributed by atoms with van der Waals surface area (Å²) < 4.78 is 29.3. The Morgan fingerprint density at radius 1 is 1.09 bits per heavy atom. The fourth-order valence-corrected chi connectivity index (χ4v) is 2.01. The number of rotatable bonds is 6. The van der Waals surface area contributed by atoms with E-state index in [1.165, 1.54) is 26.4 Å². The van der Waals surface area contributed by atoms with Gasteiger partial charge in [0.1, 0.15) is 11.5 Å². The Labute approximate surface area is 134 Å². The summed E-state index contributed by atoms with van der Waals surface area (Å²) >= 11 is 0. The molecule has 0 radical (unpaired) electrons. The SMILES string of the molecule is CCOc1ccc(C(=O)Nc2ccc(OC)cc2OC)cc1F. The molecule has 0 aliphatic carbocycles. The third-order valence-electron chi connectivity index (χ3n) is 3.15. The van der Waals surface area contributed by atoms with E-state index in [-0.39, 0.29) is 11.3 Å². The van der Waals surface area contributed by atoms with Gasteiger partial charge in [-0.2, -0.15) is 0 Å². The number of nitrogens with one attached hydrogen (secondary N) is 1. The lowest BCUT2D eigenvalue weighted by Gasteiger charge is -2.12. The second-order valence-electron chi connectivity index (χ2n) is 4.60. The summed E-state index contributed by atoms with van der Waals surface area (Å²) in [5, 5.41) is 2.68. The Bertz CT molecular complexity index is 703. The van der Waals surface area contributed by atoms with Gasteiger partial charge < -0.3 is 19.5 Å². The fraction of sp³-hybridized carbons (Fsp3) is 0.235. The first kappa shape index (κ1) is 16.6. The maximum Gasteiger partial charge on any atom is 0.255 e. The summed E-state index contributed by atoms with van der Waals surface area (Å²) in [4.78, 5) is 12.3. The van der Waals surface area contributed by atoms with E-state index in [9.17, 15) is 9.18 Å². The second-order valence-corrected chi connectivity index (χ2v) is 4.60. The molecule has 0 aromatic heterocycles. The molecule has 1 amide bonds. The molecule has 0 atom stereocenters. The van der Waals surface area contributed by atoms with E-state index in [2.05, 4.69) is 5.32 Å². The average Bonchev–Trinajstić information content (AvgIpc) is 2.57. The topological polar surface area (TPSA) is 56.8 Å². The van der Waals surface area contributed by atoms with Gasteiger partial charge in [-0.25, -0.2) is 4.39 Å². The van der Waals surface area contributed by atoms with Gasteiger partial charge in [-0.1, -0.05) is 0 Å². The highest BCUT2D eigenvalue weighted by atomic mass is 19.1. The van der Waals surface area contributed by atoms with Crippen molar-refractivity contribution in [2.24, 2.45) is 0 Å². The lowest BCUT2D eigenvalue weighted by molar-refractivity contribution is 0.102. The summed E-state index contributed by atoms with van der Waals surface area (Å²) in [5.41, 5.74) is 0.649. The molecule has 2 aromatic carbocycles. The average molecular weight is 319 g/mol. The van der Waals surface area contributed by atoms with Crippen LogP contribution in [0.15, 0.2) is 36.4 Å². The highest BCUT2D eigenvalue weighted by molar-refractivity contribution is 6.05. The number of amides is 1. The van der Waals surface area contributed by atoms with Gasteiger partial charge in [0.25, 0.3) is 5.91 Å². The molecular weight excluding hydrogens is 301 g/mol. The van der Waals surface area contributed by atoms with E-state index in [0.29, 0.717) is 23.8 Å². The highest BCUT2D eigenvalue weighted by Gasteiger charge is 2.13. The number of methoxy groups -OCH3 is 2. The molecule has 0 spiro atoms. The zero-order chi connectivity index (χ0) is 16.8. The molecule has 2 aromatic rings. The first-order valence-electron chi connectivity index (χ1n) is 7.04. The summed E-state index contributed by atoms with van der Waals surface area (Å²) in [7, 11) is 3.02. The predicted molar refractivity (Wildman–Crippen MR) is 85.1 cm³/mol. The normalized spacial score (nSPS) is 10.1. The Morgan fingerprint density at radius 2 is 1.87 bits per heavy atom. The standard InChI is InChI=1S/C17H18FNO4/c1-4-23-15-8-5-11(9-13(15)18)17(20)19-14-7-6-12(21-2)10-16(14)22-3/h5-10H,4H2,1-3H3,(H,19,20). The van der Waals surface area contributed by atoms with E-state index in [0.717, 1.165) is 6.07 Å². The van der Waals surface area contributed by atoms with Crippen LogP contribution in [-0.2, 0) is 0 Å². The quantitative estimate of drug-likeness (QED) is 0.885. The largest absolute Gasteiger partial charge is 0.497 e. The molecule has 0 bridgehead atoms. The highest BCUT2D eigenvalue weighted by Crippen LogP contribution is 2.29. The number of halogens is 1. The van der Waals surface area contributed by atoms with Crippen LogP contribution in [0.25, 0.3) is 0 Å². The molecule has 5 nitrogen and oxygen atoms in total. The molecule has 6 heteroatoms. The van der Waals surface area contributed by atoms with Crippen LogP contribution in [0.2, 0.25) is 0 Å². The third-order valence-corrected chi connectivity index (χ3v) is 3.15. The van der Waals surface area contributed by atoms with Crippen molar-refractivity contribution < 1.29 is 23.4 Å². The fourth-order valence-electron chi connectivity index (χ4n) is 2.01. The molecule has 0 heterocycles. The zero-order valence-electron chi connectivity index (χ0n) is 13.2. The summed E-state index contributed by atoms with van der Waals surface area (Å²) in [6, 6.07) is 9.06. The van der Waals surface area contributed by atoms with Crippen molar-refractivity contribution in [1.29, 1.82) is 0 Å². The Kier molecular flexibility index (Phi) is 5.41. The Morgan fingerprint density at radius 3 is 2.48 bits per heavy atom. The first-order valence-corrected chi connectivity index (χ1v) is 7.04. The van der Waals surface area contributed by atoms with Crippen LogP contribution in [0.5, 0.6) is 17.2 Å². The van der Waals surface area contributed by atoms with Gasteiger partial charge in [0.2, 0.25) is 0 Å². The van der Waals surface area contributed by atoms with Crippen molar-refractivity contribution in [1.82, 2.24) is 0 Å². The van der Waals surface area contributed by atoms with Crippen LogP contribution in [0, 0.1) is 5.82 Å². The summed E-state index contributed by atoms with van der Waals surface area (Å²) in [5.74, 6) is 0.138. The van der Waals surface area contributed by atoms with Crippen LogP contribution in [0.4, 0.5) is 10.1 Å². The molecule has 2 rings (SSSR count). The molecule has 122 valence electrons. The van der Waals surface area contributed by atoms with E-state index in [1.807, 2.05) is 0 Å². The second kappa shape index (κ2) is 7.49. The smallest absolute Gasteiger partial charge is 0.255 e. The zero-order valence-corrected chi connectivity index (χ0v) is 13.2. The number of benzene rings is 2. The van der Waals surface area contributed by atoms with Gasteiger partial charge in [-0.3, -0.25) is 4.79 Å². The van der Waals surface area contributed by atoms with E-state index in [1.54, 1.807) is 25.1 Å². The van der Waals surface area contributed by atoms with Gasteiger partial charge >= 0.3 is 0 Å². The van der Waals surface area contributed by atoms with Crippen molar-refractivity contribution in [3.63, 3.8) is 0 Å². The van der Waals surface area contributed by atoms with Gasteiger partial charge in [0.15, 0.2) is 11.6 Å². The maximum absolute atomic E-state index is 13.8. The van der Waals surface area contributed by atoms with Crippen LogP contribution >= 0.6 is 0 Å². The van der Waals surface area contributed by atoms with Crippen LogP contribution in [0.1, 0.15) is 17.3 Å². The van der Waals surface area contributed by atoms with E-state index < -0.39 is 11.7 Å². The van der Waals surface area contributed by atoms with Gasteiger partial charge in [-0.15, -0.1) is 0 Å². The number of carbonyl (C=O) groups is 1. The third kappa shape index (κ3) is 3.91. The minimum atomic E-state index is -0.582. The van der Waals surface area contributed by atoms with Crippen molar-refractivity contribution in [3.8, 4) is 17.2 Å². The monoisotopic (exact) mass is 319 g/mol. The molecule has 0 aliphatic rings. The molecule has 1 N–H and O–H groups in total. The molecule has 0 aliphatic heterocycles. The molecule has 0 fully saturated rings. The van der Waals surface area contributed by atoms with Gasteiger partial charge in [0.05, 0.1) is 26.5 Å². The predicted octanol–water partition coefficient (Wildman–Crippen LogP) is 3.49. The first-order chi connectivity index (χ1) is 11.1. The van der Waals surface area contributed by atoms with E-state index >= 15 is 0 Å². The minimum Gasteiger partial charge on any atom is -0.497 e. The van der Waals surface area contributed by atoms with E-state index in [4.69, 9.17) is 14.2 Å². The van der Waals surface area contributed by atoms with Crippen LogP contribution in [-0.4, -0.2) is 26.7 Å². The molecule has 0 unspecified atom stereocenters. The lowest BCUT2D eigenvalue weighted by Crippen LogP contribution is -2.13. The number of anilines is 1.